The number of benzene rings is 2. The molecule has 1 aliphatic heterocycles. The second-order valence-corrected chi connectivity index (χ2v) is 7.22. The second kappa shape index (κ2) is 8.43. The molecule has 0 unspecified atom stereocenters. The van der Waals surface area contributed by atoms with Crippen molar-refractivity contribution in [3.63, 3.8) is 0 Å². The van der Waals surface area contributed by atoms with Crippen molar-refractivity contribution >= 4 is 40.8 Å². The van der Waals surface area contributed by atoms with E-state index in [9.17, 15) is 27.6 Å². The lowest BCUT2D eigenvalue weighted by atomic mass is 10.2. The summed E-state index contributed by atoms with van der Waals surface area (Å²) < 4.78 is 44.1. The van der Waals surface area contributed by atoms with Crippen molar-refractivity contribution in [2.45, 2.75) is 26.1 Å². The van der Waals surface area contributed by atoms with E-state index in [2.05, 4.69) is 5.32 Å². The molecule has 31 heavy (non-hydrogen) atoms. The molecule has 0 saturated carbocycles. The number of nitrogens with one attached hydrogen (secondary N) is 1. The number of hydrogen-bond donors (Lipinski definition) is 1. The Bertz CT molecular complexity index is 1100. The number of amides is 2. The molecule has 0 atom stereocenters. The fourth-order valence-corrected chi connectivity index (χ4v) is 3.03. The van der Waals surface area contributed by atoms with Gasteiger partial charge in [0, 0.05) is 5.69 Å². The van der Waals surface area contributed by atoms with Crippen molar-refractivity contribution in [2.75, 3.05) is 10.2 Å². The molecule has 6 nitrogen and oxygen atoms in total. The fourth-order valence-electron chi connectivity index (χ4n) is 2.82. The predicted octanol–water partition coefficient (Wildman–Crippen LogP) is 4.71. The van der Waals surface area contributed by atoms with Gasteiger partial charge in [0.05, 0.1) is 22.9 Å². The minimum atomic E-state index is -4.65. The maximum absolute atomic E-state index is 13.0. The summed E-state index contributed by atoms with van der Waals surface area (Å²) in [5.74, 6) is -2.48. The molecule has 10 heteroatoms. The summed E-state index contributed by atoms with van der Waals surface area (Å²) in [5, 5.41) is 2.18. The third-order valence-electron chi connectivity index (χ3n) is 4.17. The Hall–Kier alpha value is -3.33. The van der Waals surface area contributed by atoms with Gasteiger partial charge >= 0.3 is 12.1 Å². The van der Waals surface area contributed by atoms with Gasteiger partial charge in [-0.05, 0) is 50.2 Å². The van der Waals surface area contributed by atoms with Crippen LogP contribution in [-0.4, -0.2) is 23.9 Å². The second-order valence-electron chi connectivity index (χ2n) is 6.84. The summed E-state index contributed by atoms with van der Waals surface area (Å²) in [5.41, 5.74) is -1.15. The summed E-state index contributed by atoms with van der Waals surface area (Å²) in [7, 11) is 0. The maximum atomic E-state index is 13.0. The predicted molar refractivity (Wildman–Crippen MR) is 107 cm³/mol. The van der Waals surface area contributed by atoms with Gasteiger partial charge in [-0.2, -0.15) is 13.2 Å². The highest BCUT2D eigenvalue weighted by Crippen LogP contribution is 2.35. The SMILES string of the molecule is CC(C)OC(=O)c1cccc(NC2=C(Cl)C(=O)N(c3cccc(C(F)(F)F)c3)C2=O)c1. The van der Waals surface area contributed by atoms with Crippen LogP contribution in [0.1, 0.15) is 29.8 Å². The Morgan fingerprint density at radius 2 is 1.74 bits per heavy atom. The summed E-state index contributed by atoms with van der Waals surface area (Å²) >= 11 is 6.01. The van der Waals surface area contributed by atoms with Gasteiger partial charge in [-0.1, -0.05) is 23.7 Å². The number of carbonyl (C=O) groups is 3. The van der Waals surface area contributed by atoms with E-state index in [1.54, 1.807) is 13.8 Å². The number of ether oxygens (including phenoxy) is 1. The van der Waals surface area contributed by atoms with Crippen LogP contribution < -0.4 is 10.2 Å². The third kappa shape index (κ3) is 4.72. The van der Waals surface area contributed by atoms with Crippen molar-refractivity contribution < 1.29 is 32.3 Å². The van der Waals surface area contributed by atoms with Gasteiger partial charge in [0.15, 0.2) is 0 Å². The molecule has 0 aliphatic carbocycles. The molecule has 1 N–H and O–H groups in total. The first-order valence-electron chi connectivity index (χ1n) is 9.03. The molecule has 0 fully saturated rings. The molecule has 0 radical (unpaired) electrons. The summed E-state index contributed by atoms with van der Waals surface area (Å²) in [6, 6.07) is 9.74. The van der Waals surface area contributed by atoms with Crippen LogP contribution in [0.25, 0.3) is 0 Å². The molecule has 0 aromatic heterocycles. The summed E-state index contributed by atoms with van der Waals surface area (Å²) in [6.45, 7) is 3.38. The van der Waals surface area contributed by atoms with Crippen LogP contribution in [0.3, 0.4) is 0 Å². The maximum Gasteiger partial charge on any atom is 0.416 e. The van der Waals surface area contributed by atoms with E-state index in [0.717, 1.165) is 12.1 Å². The van der Waals surface area contributed by atoms with Gasteiger partial charge in [-0.25, -0.2) is 9.69 Å². The Balaban J connectivity index is 1.87. The van der Waals surface area contributed by atoms with Crippen molar-refractivity contribution in [1.29, 1.82) is 0 Å². The van der Waals surface area contributed by atoms with Crippen LogP contribution in [0.15, 0.2) is 59.3 Å². The number of esters is 1. The van der Waals surface area contributed by atoms with E-state index in [0.29, 0.717) is 11.0 Å². The van der Waals surface area contributed by atoms with Crippen LogP contribution in [0.5, 0.6) is 0 Å². The van der Waals surface area contributed by atoms with Gasteiger partial charge < -0.3 is 10.1 Å². The van der Waals surface area contributed by atoms with Crippen molar-refractivity contribution in [2.24, 2.45) is 0 Å². The molecule has 2 aromatic carbocycles. The first kappa shape index (κ1) is 22.4. The number of halogens is 4. The van der Waals surface area contributed by atoms with Crippen molar-refractivity contribution in [3.8, 4) is 0 Å². The van der Waals surface area contributed by atoms with E-state index < -0.39 is 34.6 Å². The highest BCUT2D eigenvalue weighted by atomic mass is 35.5. The van der Waals surface area contributed by atoms with E-state index in [1.807, 2.05) is 0 Å². The average molecular weight is 453 g/mol. The highest BCUT2D eigenvalue weighted by molar-refractivity contribution is 6.53. The quantitative estimate of drug-likeness (QED) is 0.525. The molecular formula is C21H16ClF3N2O4. The molecule has 1 heterocycles. The number of alkyl halides is 3. The topological polar surface area (TPSA) is 75.7 Å². The van der Waals surface area contributed by atoms with E-state index >= 15 is 0 Å². The van der Waals surface area contributed by atoms with Crippen LogP contribution in [0.4, 0.5) is 24.5 Å². The molecule has 162 valence electrons. The van der Waals surface area contributed by atoms with Gasteiger partial charge in [-0.3, -0.25) is 9.59 Å². The van der Waals surface area contributed by atoms with Gasteiger partial charge in [-0.15, -0.1) is 0 Å². The van der Waals surface area contributed by atoms with Crippen LogP contribution in [0, 0.1) is 0 Å². The Morgan fingerprint density at radius 1 is 1.06 bits per heavy atom. The minimum Gasteiger partial charge on any atom is -0.459 e. The molecule has 0 bridgehead atoms. The average Bonchev–Trinajstić information content (AvgIpc) is 2.90. The lowest BCUT2D eigenvalue weighted by molar-refractivity contribution is -0.137. The number of carbonyl (C=O) groups excluding carboxylic acids is 3. The van der Waals surface area contributed by atoms with Gasteiger partial charge in [0.25, 0.3) is 11.8 Å². The Kier molecular flexibility index (Phi) is 6.08. The lowest BCUT2D eigenvalue weighted by Crippen LogP contribution is -2.32. The zero-order valence-corrected chi connectivity index (χ0v) is 17.0. The normalized spacial score (nSPS) is 14.5. The molecule has 2 amide bonds. The number of imide groups is 1. The van der Waals surface area contributed by atoms with Gasteiger partial charge in [0.1, 0.15) is 10.7 Å². The van der Waals surface area contributed by atoms with Crippen LogP contribution in [0.2, 0.25) is 0 Å². The Morgan fingerprint density at radius 3 is 2.39 bits per heavy atom. The zero-order valence-electron chi connectivity index (χ0n) is 16.3. The van der Waals surface area contributed by atoms with Crippen molar-refractivity contribution in [1.82, 2.24) is 0 Å². The molecule has 0 saturated heterocycles. The lowest BCUT2D eigenvalue weighted by Gasteiger charge is -2.17. The molecule has 0 spiro atoms. The smallest absolute Gasteiger partial charge is 0.416 e. The molecular weight excluding hydrogens is 437 g/mol. The van der Waals surface area contributed by atoms with Crippen LogP contribution >= 0.6 is 11.6 Å². The van der Waals surface area contributed by atoms with Crippen molar-refractivity contribution in [3.05, 3.63) is 70.4 Å². The minimum absolute atomic E-state index is 0.196. The van der Waals surface area contributed by atoms with E-state index in [-0.39, 0.29) is 28.7 Å². The van der Waals surface area contributed by atoms with Crippen LogP contribution in [-0.2, 0) is 20.5 Å². The third-order valence-corrected chi connectivity index (χ3v) is 4.52. The fraction of sp³-hybridized carbons (Fsp3) is 0.190. The number of anilines is 2. The molecule has 3 rings (SSSR count). The first-order valence-corrected chi connectivity index (χ1v) is 9.40. The van der Waals surface area contributed by atoms with E-state index in [1.165, 1.54) is 30.3 Å². The highest BCUT2D eigenvalue weighted by Gasteiger charge is 2.40. The zero-order chi connectivity index (χ0) is 22.9. The van der Waals surface area contributed by atoms with Gasteiger partial charge in [0.2, 0.25) is 0 Å². The Labute approximate surface area is 180 Å². The number of rotatable bonds is 5. The molecule has 1 aliphatic rings. The monoisotopic (exact) mass is 452 g/mol. The largest absolute Gasteiger partial charge is 0.459 e. The molecule has 2 aromatic rings. The number of nitrogens with zero attached hydrogens (tertiary/aromatic N) is 1. The summed E-state index contributed by atoms with van der Waals surface area (Å²) in [4.78, 5) is 37.9. The van der Waals surface area contributed by atoms with E-state index in [4.69, 9.17) is 16.3 Å². The summed E-state index contributed by atoms with van der Waals surface area (Å²) in [6.07, 6.45) is -4.98. The standard InChI is InChI=1S/C21H16ClF3N2O4/c1-11(2)31-20(30)12-5-3-7-14(9-12)26-17-16(22)18(28)27(19(17)29)15-8-4-6-13(10-15)21(23,24)25/h3-11,26H,1-2H3. The number of hydrogen-bond acceptors (Lipinski definition) is 5. The first-order chi connectivity index (χ1) is 14.5.